The number of carbonyl (C=O) groups is 1. The van der Waals surface area contributed by atoms with Gasteiger partial charge in [0.1, 0.15) is 18.5 Å². The van der Waals surface area contributed by atoms with Gasteiger partial charge in [-0.25, -0.2) is 0 Å². The second-order valence-corrected chi connectivity index (χ2v) is 4.77. The Bertz CT molecular complexity index is 453. The lowest BCUT2D eigenvalue weighted by Gasteiger charge is -2.22. The molecule has 7 heteroatoms. The largest absolute Gasteiger partial charge is 0.491 e. The van der Waals surface area contributed by atoms with E-state index in [0.29, 0.717) is 32.9 Å². The average molecular weight is 331 g/mol. The van der Waals surface area contributed by atoms with E-state index in [1.165, 1.54) is 0 Å². The van der Waals surface area contributed by atoms with E-state index in [2.05, 4.69) is 10.6 Å². The molecule has 1 aliphatic heterocycles. The molecule has 0 aromatic heterocycles. The molecule has 6 nitrogen and oxygen atoms in total. The highest BCUT2D eigenvalue weighted by atomic mass is 35.5. The molecule has 1 aromatic rings. The Morgan fingerprint density at radius 2 is 2.32 bits per heavy atom. The molecule has 0 spiro atoms. The van der Waals surface area contributed by atoms with Crippen LogP contribution in [-0.4, -0.2) is 52.0 Å². The van der Waals surface area contributed by atoms with Crippen molar-refractivity contribution in [3.63, 3.8) is 0 Å². The minimum atomic E-state index is -0.403. The smallest absolute Gasteiger partial charge is 0.250 e. The third-order valence-electron chi connectivity index (χ3n) is 3.14. The molecule has 1 aromatic carbocycles. The first-order valence-corrected chi connectivity index (χ1v) is 7.10. The van der Waals surface area contributed by atoms with E-state index < -0.39 is 6.10 Å². The number of hydrogen-bond donors (Lipinski definition) is 2. The van der Waals surface area contributed by atoms with Gasteiger partial charge in [-0.3, -0.25) is 4.79 Å². The zero-order chi connectivity index (χ0) is 14.9. The summed E-state index contributed by atoms with van der Waals surface area (Å²) >= 11 is 0. The molecule has 22 heavy (non-hydrogen) atoms. The minimum absolute atomic E-state index is 0. The molecule has 1 amide bonds. The monoisotopic (exact) mass is 330 g/mol. The maximum Gasteiger partial charge on any atom is 0.250 e. The van der Waals surface area contributed by atoms with Crippen LogP contribution in [-0.2, 0) is 20.8 Å². The highest BCUT2D eigenvalue weighted by Gasteiger charge is 2.21. The third-order valence-corrected chi connectivity index (χ3v) is 3.14. The number of carbonyl (C=O) groups excluding carboxylic acids is 1. The van der Waals surface area contributed by atoms with Gasteiger partial charge in [0.15, 0.2) is 0 Å². The Balaban J connectivity index is 0.00000242. The number of hydrogen-bond acceptors (Lipinski definition) is 5. The van der Waals surface area contributed by atoms with E-state index in [-0.39, 0.29) is 18.3 Å². The molecule has 124 valence electrons. The third kappa shape index (κ3) is 6.19. The number of nitrogens with one attached hydrogen (secondary N) is 2. The van der Waals surface area contributed by atoms with Gasteiger partial charge in [-0.1, -0.05) is 12.1 Å². The van der Waals surface area contributed by atoms with Crippen LogP contribution >= 0.6 is 12.4 Å². The Kier molecular flexibility index (Phi) is 8.84. The topological polar surface area (TPSA) is 68.8 Å². The summed E-state index contributed by atoms with van der Waals surface area (Å²) in [6, 6.07) is 7.65. The highest BCUT2D eigenvalue weighted by Crippen LogP contribution is 2.13. The molecule has 0 radical (unpaired) electrons. The van der Waals surface area contributed by atoms with Gasteiger partial charge in [0.25, 0.3) is 5.91 Å². The van der Waals surface area contributed by atoms with Crippen LogP contribution in [0.4, 0.5) is 0 Å². The molecule has 1 unspecified atom stereocenters. The van der Waals surface area contributed by atoms with Crippen molar-refractivity contribution in [1.29, 1.82) is 0 Å². The van der Waals surface area contributed by atoms with Gasteiger partial charge in [-0.05, 0) is 17.7 Å². The van der Waals surface area contributed by atoms with Crippen LogP contribution in [0.25, 0.3) is 0 Å². The van der Waals surface area contributed by atoms with Gasteiger partial charge in [-0.15, -0.1) is 12.4 Å². The number of rotatable bonds is 7. The molecule has 1 fully saturated rings. The van der Waals surface area contributed by atoms with E-state index in [9.17, 15) is 4.79 Å². The normalized spacial score (nSPS) is 17.4. The standard InChI is InChI=1S/C15H22N2O4.ClH/c1-19-7-8-20-13-4-2-3-12(9-13)10-17-15(18)14-11-16-5-6-21-14;/h2-4,9,14,16H,5-8,10-11H2,1H3,(H,17,18);1H. The number of morpholine rings is 1. The van der Waals surface area contributed by atoms with Crippen molar-refractivity contribution in [2.75, 3.05) is 40.0 Å². The van der Waals surface area contributed by atoms with E-state index in [1.807, 2.05) is 24.3 Å². The minimum Gasteiger partial charge on any atom is -0.491 e. The molecule has 1 atom stereocenters. The fraction of sp³-hybridized carbons (Fsp3) is 0.533. The summed E-state index contributed by atoms with van der Waals surface area (Å²) in [5.74, 6) is 0.683. The van der Waals surface area contributed by atoms with Gasteiger partial charge in [0.2, 0.25) is 0 Å². The summed E-state index contributed by atoms with van der Waals surface area (Å²) in [4.78, 5) is 11.9. The van der Waals surface area contributed by atoms with Crippen LogP contribution in [0.3, 0.4) is 0 Å². The first kappa shape index (κ1) is 18.7. The molecule has 0 aliphatic carbocycles. The van der Waals surface area contributed by atoms with Crippen LogP contribution in [0, 0.1) is 0 Å². The number of amides is 1. The van der Waals surface area contributed by atoms with Gasteiger partial charge < -0.3 is 24.8 Å². The average Bonchev–Trinajstić information content (AvgIpc) is 2.54. The Labute approximate surface area is 136 Å². The fourth-order valence-corrected chi connectivity index (χ4v) is 2.02. The number of ether oxygens (including phenoxy) is 3. The van der Waals surface area contributed by atoms with Gasteiger partial charge in [-0.2, -0.15) is 0 Å². The molecular formula is C15H23ClN2O4. The van der Waals surface area contributed by atoms with Crippen molar-refractivity contribution < 1.29 is 19.0 Å². The zero-order valence-corrected chi connectivity index (χ0v) is 13.5. The van der Waals surface area contributed by atoms with Crippen molar-refractivity contribution in [3.05, 3.63) is 29.8 Å². The first-order valence-electron chi connectivity index (χ1n) is 7.10. The number of benzene rings is 1. The summed E-state index contributed by atoms with van der Waals surface area (Å²) in [5, 5.41) is 6.01. The van der Waals surface area contributed by atoms with E-state index in [4.69, 9.17) is 14.2 Å². The molecule has 0 saturated carbocycles. The maximum absolute atomic E-state index is 11.9. The quantitative estimate of drug-likeness (QED) is 0.722. The van der Waals surface area contributed by atoms with Gasteiger partial charge >= 0.3 is 0 Å². The molecule has 1 aliphatic rings. The number of halogens is 1. The first-order chi connectivity index (χ1) is 10.3. The molecule has 2 rings (SSSR count). The van der Waals surface area contributed by atoms with Crippen molar-refractivity contribution in [2.45, 2.75) is 12.6 Å². The molecule has 2 N–H and O–H groups in total. The lowest BCUT2D eigenvalue weighted by Crippen LogP contribution is -2.47. The Morgan fingerprint density at radius 3 is 3.05 bits per heavy atom. The van der Waals surface area contributed by atoms with Crippen LogP contribution in [0.2, 0.25) is 0 Å². The summed E-state index contributed by atoms with van der Waals surface area (Å²) in [5.41, 5.74) is 0.988. The highest BCUT2D eigenvalue weighted by molar-refractivity contribution is 5.85. The molecule has 0 bridgehead atoms. The van der Waals surface area contributed by atoms with E-state index in [0.717, 1.165) is 17.9 Å². The zero-order valence-electron chi connectivity index (χ0n) is 12.7. The van der Waals surface area contributed by atoms with Crippen LogP contribution < -0.4 is 15.4 Å². The van der Waals surface area contributed by atoms with Gasteiger partial charge in [0.05, 0.1) is 13.2 Å². The lowest BCUT2D eigenvalue weighted by atomic mass is 10.2. The van der Waals surface area contributed by atoms with Crippen molar-refractivity contribution in [2.24, 2.45) is 0 Å². The van der Waals surface area contributed by atoms with Crippen molar-refractivity contribution in [1.82, 2.24) is 10.6 Å². The molecule has 1 saturated heterocycles. The van der Waals surface area contributed by atoms with Crippen LogP contribution in [0.5, 0.6) is 5.75 Å². The van der Waals surface area contributed by atoms with Crippen LogP contribution in [0.15, 0.2) is 24.3 Å². The Hall–Kier alpha value is -1.34. The summed E-state index contributed by atoms with van der Waals surface area (Å²) in [7, 11) is 1.64. The number of methoxy groups -OCH3 is 1. The summed E-state index contributed by atoms with van der Waals surface area (Å²) in [6.45, 7) is 3.44. The second-order valence-electron chi connectivity index (χ2n) is 4.77. The van der Waals surface area contributed by atoms with E-state index in [1.54, 1.807) is 7.11 Å². The van der Waals surface area contributed by atoms with Crippen molar-refractivity contribution >= 4 is 18.3 Å². The van der Waals surface area contributed by atoms with Crippen molar-refractivity contribution in [3.8, 4) is 5.75 Å². The fourth-order valence-electron chi connectivity index (χ4n) is 2.02. The Morgan fingerprint density at radius 1 is 1.45 bits per heavy atom. The maximum atomic E-state index is 11.9. The summed E-state index contributed by atoms with van der Waals surface area (Å²) < 4.78 is 15.9. The van der Waals surface area contributed by atoms with E-state index >= 15 is 0 Å². The predicted molar refractivity (Wildman–Crippen MR) is 85.5 cm³/mol. The second kappa shape index (κ2) is 10.4. The van der Waals surface area contributed by atoms with Crippen LogP contribution in [0.1, 0.15) is 5.56 Å². The SMILES string of the molecule is COCCOc1cccc(CNC(=O)C2CNCCO2)c1.Cl. The molecular weight excluding hydrogens is 308 g/mol. The summed E-state index contributed by atoms with van der Waals surface area (Å²) in [6.07, 6.45) is -0.403. The van der Waals surface area contributed by atoms with Gasteiger partial charge in [0, 0.05) is 26.7 Å². The molecule has 1 heterocycles. The lowest BCUT2D eigenvalue weighted by molar-refractivity contribution is -0.134. The predicted octanol–water partition coefficient (Wildman–Crippen LogP) is 0.738.